The van der Waals surface area contributed by atoms with Gasteiger partial charge >= 0.3 is 0 Å². The van der Waals surface area contributed by atoms with Crippen LogP contribution in [0, 0.1) is 11.8 Å². The van der Waals surface area contributed by atoms with Gasteiger partial charge in [0.05, 0.1) is 11.5 Å². The fourth-order valence-corrected chi connectivity index (χ4v) is 2.84. The zero-order valence-electron chi connectivity index (χ0n) is 9.01. The van der Waals surface area contributed by atoms with Crippen molar-refractivity contribution in [1.82, 2.24) is 15.2 Å². The molecule has 2 heterocycles. The molecule has 6 heteroatoms. The lowest BCUT2D eigenvalue weighted by molar-refractivity contribution is 0.305. The highest BCUT2D eigenvalue weighted by Crippen LogP contribution is 2.23. The molecule has 2 rings (SSSR count). The van der Waals surface area contributed by atoms with Crippen molar-refractivity contribution < 1.29 is 5.11 Å². The third kappa shape index (κ3) is 3.89. The van der Waals surface area contributed by atoms with Crippen molar-refractivity contribution in [3.05, 3.63) is 28.2 Å². The Bertz CT molecular complexity index is 510. The largest absolute Gasteiger partial charge is 0.395 e. The Balaban J connectivity index is 1.88. The number of hydrogen-bond donors (Lipinski definition) is 2. The molecule has 0 unspecified atom stereocenters. The first kappa shape index (κ1) is 12.2. The third-order valence-electron chi connectivity index (χ3n) is 1.85. The van der Waals surface area contributed by atoms with Crippen LogP contribution in [0.3, 0.4) is 0 Å². The first-order chi connectivity index (χ1) is 8.38. The van der Waals surface area contributed by atoms with E-state index in [2.05, 4.69) is 33.1 Å². The number of aromatic amines is 1. The van der Waals surface area contributed by atoms with Crippen LogP contribution in [-0.4, -0.2) is 26.9 Å². The molecule has 0 saturated carbocycles. The van der Waals surface area contributed by atoms with Crippen molar-refractivity contribution in [2.24, 2.45) is 0 Å². The van der Waals surface area contributed by atoms with E-state index in [-0.39, 0.29) is 6.61 Å². The van der Waals surface area contributed by atoms with E-state index in [0.717, 1.165) is 15.8 Å². The Morgan fingerprint density at radius 2 is 2.41 bits per heavy atom. The summed E-state index contributed by atoms with van der Waals surface area (Å²) in [4.78, 5) is 6.33. The van der Waals surface area contributed by atoms with Crippen LogP contribution < -0.4 is 0 Å². The van der Waals surface area contributed by atoms with Crippen LogP contribution in [0.1, 0.15) is 16.2 Å². The number of nitrogens with zero attached hydrogens (tertiary/aromatic N) is 2. The molecule has 0 aliphatic heterocycles. The molecule has 17 heavy (non-hydrogen) atoms. The third-order valence-corrected chi connectivity index (χ3v) is 3.96. The van der Waals surface area contributed by atoms with Crippen LogP contribution in [0.15, 0.2) is 23.6 Å². The van der Waals surface area contributed by atoms with Crippen molar-refractivity contribution in [3.63, 3.8) is 0 Å². The quantitative estimate of drug-likeness (QED) is 0.654. The maximum Gasteiger partial charge on any atom is 0.183 e. The molecular formula is C11H11N3OS2. The smallest absolute Gasteiger partial charge is 0.183 e. The summed E-state index contributed by atoms with van der Waals surface area (Å²) in [5.41, 5.74) is 0. The predicted octanol–water partition coefficient (Wildman–Crippen LogP) is 1.89. The Morgan fingerprint density at radius 3 is 3.18 bits per heavy atom. The minimum atomic E-state index is 0.118. The fraction of sp³-hybridized carbons (Fsp3) is 0.273. The summed E-state index contributed by atoms with van der Waals surface area (Å²) in [5, 5.41) is 16.0. The van der Waals surface area contributed by atoms with Crippen LogP contribution in [0.5, 0.6) is 0 Å². The molecule has 88 valence electrons. The van der Waals surface area contributed by atoms with E-state index >= 15 is 0 Å². The molecule has 0 radical (unpaired) electrons. The average Bonchev–Trinajstić information content (AvgIpc) is 2.98. The second-order valence-corrected chi connectivity index (χ2v) is 5.25. The number of hydrogen-bond acceptors (Lipinski definition) is 5. The number of nitrogens with one attached hydrogen (secondary N) is 1. The first-order valence-corrected chi connectivity index (χ1v) is 6.85. The van der Waals surface area contributed by atoms with E-state index in [1.807, 2.05) is 6.07 Å². The molecule has 2 N–H and O–H groups in total. The first-order valence-electron chi connectivity index (χ1n) is 5.05. The van der Waals surface area contributed by atoms with Gasteiger partial charge in [-0.1, -0.05) is 23.6 Å². The summed E-state index contributed by atoms with van der Waals surface area (Å²) in [6.07, 6.45) is 2.03. The van der Waals surface area contributed by atoms with E-state index < -0.39 is 0 Å². The van der Waals surface area contributed by atoms with Crippen LogP contribution in [-0.2, 0) is 5.75 Å². The van der Waals surface area contributed by atoms with Gasteiger partial charge in [0.1, 0.15) is 6.33 Å². The highest BCUT2D eigenvalue weighted by Gasteiger charge is 2.01. The minimum Gasteiger partial charge on any atom is -0.395 e. The van der Waals surface area contributed by atoms with Gasteiger partial charge in [-0.15, -0.1) is 11.3 Å². The van der Waals surface area contributed by atoms with Gasteiger partial charge in [0.15, 0.2) is 5.16 Å². The highest BCUT2D eigenvalue weighted by atomic mass is 32.2. The van der Waals surface area contributed by atoms with E-state index in [1.165, 1.54) is 11.2 Å². The number of thioether (sulfide) groups is 1. The summed E-state index contributed by atoms with van der Waals surface area (Å²) in [5.74, 6) is 6.79. The van der Waals surface area contributed by atoms with Gasteiger partial charge in [-0.25, -0.2) is 4.98 Å². The predicted molar refractivity (Wildman–Crippen MR) is 68.8 cm³/mol. The molecule has 0 aliphatic carbocycles. The second kappa shape index (κ2) is 6.45. The van der Waals surface area contributed by atoms with Gasteiger partial charge in [-0.2, -0.15) is 5.10 Å². The Kier molecular flexibility index (Phi) is 4.62. The van der Waals surface area contributed by atoms with Crippen LogP contribution in [0.25, 0.3) is 0 Å². The van der Waals surface area contributed by atoms with Gasteiger partial charge in [0.25, 0.3) is 0 Å². The number of thiophene rings is 1. The maximum absolute atomic E-state index is 8.62. The second-order valence-electron chi connectivity index (χ2n) is 3.12. The molecule has 0 aliphatic rings. The summed E-state index contributed by atoms with van der Waals surface area (Å²) < 4.78 is 0. The lowest BCUT2D eigenvalue weighted by Gasteiger charge is -1.92. The topological polar surface area (TPSA) is 61.8 Å². The normalized spacial score (nSPS) is 9.94. The molecule has 0 bridgehead atoms. The lowest BCUT2D eigenvalue weighted by atomic mass is 10.4. The highest BCUT2D eigenvalue weighted by molar-refractivity contribution is 7.98. The number of aliphatic hydroxyl groups excluding tert-OH is 1. The molecule has 2 aromatic heterocycles. The van der Waals surface area contributed by atoms with Crippen molar-refractivity contribution in [1.29, 1.82) is 0 Å². The fourth-order valence-electron chi connectivity index (χ4n) is 1.13. The number of rotatable bonds is 4. The lowest BCUT2D eigenvalue weighted by Crippen LogP contribution is -1.76. The van der Waals surface area contributed by atoms with Gasteiger partial charge in [-0.3, -0.25) is 5.10 Å². The molecule has 0 fully saturated rings. The molecule has 0 aromatic carbocycles. The van der Waals surface area contributed by atoms with Gasteiger partial charge in [0.2, 0.25) is 0 Å². The summed E-state index contributed by atoms with van der Waals surface area (Å²) >= 11 is 3.28. The van der Waals surface area contributed by atoms with Gasteiger partial charge < -0.3 is 5.11 Å². The zero-order chi connectivity index (χ0) is 11.9. The van der Waals surface area contributed by atoms with Gasteiger partial charge in [-0.05, 0) is 12.1 Å². The standard InChI is InChI=1S/C11H11N3OS2/c15-6-2-1-3-9-4-5-10(17-9)7-16-11-12-8-13-14-11/h4-5,8,15H,2,6-7H2,(H,12,13,14). The van der Waals surface area contributed by atoms with Crippen molar-refractivity contribution in [3.8, 4) is 11.8 Å². The van der Waals surface area contributed by atoms with Crippen molar-refractivity contribution >= 4 is 23.1 Å². The summed E-state index contributed by atoms with van der Waals surface area (Å²) in [6.45, 7) is 0.118. The molecule has 0 saturated heterocycles. The Morgan fingerprint density at radius 1 is 1.47 bits per heavy atom. The Labute approximate surface area is 107 Å². The molecule has 0 atom stereocenters. The monoisotopic (exact) mass is 265 g/mol. The van der Waals surface area contributed by atoms with E-state index in [4.69, 9.17) is 5.11 Å². The van der Waals surface area contributed by atoms with E-state index in [0.29, 0.717) is 6.42 Å². The SMILES string of the molecule is OCCC#Cc1ccc(CSc2ncn[nH]2)s1. The zero-order valence-corrected chi connectivity index (χ0v) is 10.6. The van der Waals surface area contributed by atoms with Crippen molar-refractivity contribution in [2.45, 2.75) is 17.3 Å². The van der Waals surface area contributed by atoms with Crippen molar-refractivity contribution in [2.75, 3.05) is 6.61 Å². The minimum absolute atomic E-state index is 0.118. The average molecular weight is 265 g/mol. The number of aromatic nitrogens is 3. The molecule has 2 aromatic rings. The van der Waals surface area contributed by atoms with E-state index in [9.17, 15) is 0 Å². The van der Waals surface area contributed by atoms with E-state index in [1.54, 1.807) is 23.1 Å². The van der Waals surface area contributed by atoms with Gasteiger partial charge in [0, 0.05) is 17.1 Å². The number of H-pyrrole nitrogens is 1. The Hall–Kier alpha value is -1.29. The summed E-state index contributed by atoms with van der Waals surface area (Å²) in [6, 6.07) is 4.07. The molecule has 0 amide bonds. The molecule has 4 nitrogen and oxygen atoms in total. The maximum atomic E-state index is 8.62. The summed E-state index contributed by atoms with van der Waals surface area (Å²) in [7, 11) is 0. The van der Waals surface area contributed by atoms with Crippen LogP contribution in [0.2, 0.25) is 0 Å². The van der Waals surface area contributed by atoms with Crippen LogP contribution in [0.4, 0.5) is 0 Å². The molecule has 0 spiro atoms. The number of aliphatic hydroxyl groups is 1. The van der Waals surface area contributed by atoms with Crippen LogP contribution >= 0.6 is 23.1 Å². The molecular weight excluding hydrogens is 254 g/mol.